The molecule has 1 fully saturated rings. The standard InChI is InChI=1S/C24H28N2O3/c1-17-4-8-20(9-5-17)23(27)25-22(16-19-6-10-21(29-3)11-7-19)24(28)26-14-12-18(2)13-15-26/h4-11,16,18H,12-15H2,1-3H3,(H,25,27)/b22-16+. The van der Waals surface area contributed by atoms with Crippen LogP contribution in [0, 0.1) is 12.8 Å². The fourth-order valence-corrected chi connectivity index (χ4v) is 3.30. The van der Waals surface area contributed by atoms with Crippen molar-refractivity contribution in [3.8, 4) is 5.75 Å². The highest BCUT2D eigenvalue weighted by atomic mass is 16.5. The molecule has 0 bridgehead atoms. The molecule has 2 aromatic rings. The first-order valence-electron chi connectivity index (χ1n) is 9.99. The van der Waals surface area contributed by atoms with Crippen molar-refractivity contribution in [1.29, 1.82) is 0 Å². The Labute approximate surface area is 172 Å². The number of aryl methyl sites for hydroxylation is 1. The van der Waals surface area contributed by atoms with Crippen LogP contribution >= 0.6 is 0 Å². The van der Waals surface area contributed by atoms with E-state index in [2.05, 4.69) is 12.2 Å². The molecule has 0 atom stereocenters. The summed E-state index contributed by atoms with van der Waals surface area (Å²) in [7, 11) is 1.61. The summed E-state index contributed by atoms with van der Waals surface area (Å²) in [6, 6.07) is 14.7. The quantitative estimate of drug-likeness (QED) is 0.782. The summed E-state index contributed by atoms with van der Waals surface area (Å²) in [5.74, 6) is 0.927. The maximum Gasteiger partial charge on any atom is 0.270 e. The van der Waals surface area contributed by atoms with Crippen molar-refractivity contribution in [3.05, 3.63) is 70.9 Å². The number of nitrogens with zero attached hydrogens (tertiary/aromatic N) is 1. The van der Waals surface area contributed by atoms with E-state index in [0.29, 0.717) is 24.6 Å². The Balaban J connectivity index is 1.85. The van der Waals surface area contributed by atoms with Gasteiger partial charge in [0, 0.05) is 18.7 Å². The molecule has 152 valence electrons. The van der Waals surface area contributed by atoms with Crippen LogP contribution < -0.4 is 10.1 Å². The van der Waals surface area contributed by atoms with Gasteiger partial charge in [-0.15, -0.1) is 0 Å². The van der Waals surface area contributed by atoms with Gasteiger partial charge in [0.15, 0.2) is 0 Å². The predicted octanol–water partition coefficient (Wildman–Crippen LogP) is 4.03. The first kappa shape index (κ1) is 20.6. The largest absolute Gasteiger partial charge is 0.497 e. The highest BCUT2D eigenvalue weighted by Crippen LogP contribution is 2.19. The number of carbonyl (C=O) groups excluding carboxylic acids is 2. The van der Waals surface area contributed by atoms with Crippen molar-refractivity contribution in [2.45, 2.75) is 26.7 Å². The molecule has 0 unspecified atom stereocenters. The summed E-state index contributed by atoms with van der Waals surface area (Å²) in [6.07, 6.45) is 3.69. The van der Waals surface area contributed by atoms with Crippen molar-refractivity contribution in [2.75, 3.05) is 20.2 Å². The number of nitrogens with one attached hydrogen (secondary N) is 1. The van der Waals surface area contributed by atoms with Crippen LogP contribution in [-0.4, -0.2) is 36.9 Å². The first-order chi connectivity index (χ1) is 14.0. The topological polar surface area (TPSA) is 58.6 Å². The van der Waals surface area contributed by atoms with Gasteiger partial charge in [0.25, 0.3) is 11.8 Å². The van der Waals surface area contributed by atoms with Crippen LogP contribution in [0.1, 0.15) is 41.3 Å². The molecule has 1 N–H and O–H groups in total. The summed E-state index contributed by atoms with van der Waals surface area (Å²) in [5, 5.41) is 2.84. The lowest BCUT2D eigenvalue weighted by atomic mass is 9.99. The Bertz CT molecular complexity index is 877. The fraction of sp³-hybridized carbons (Fsp3) is 0.333. The average molecular weight is 392 g/mol. The Morgan fingerprint density at radius 3 is 2.24 bits per heavy atom. The second-order valence-electron chi connectivity index (χ2n) is 7.63. The normalized spacial score (nSPS) is 15.1. The van der Waals surface area contributed by atoms with Crippen molar-refractivity contribution in [1.82, 2.24) is 10.2 Å². The van der Waals surface area contributed by atoms with E-state index in [-0.39, 0.29) is 17.5 Å². The lowest BCUT2D eigenvalue weighted by Crippen LogP contribution is -2.42. The molecule has 0 radical (unpaired) electrons. The molecule has 29 heavy (non-hydrogen) atoms. The zero-order valence-electron chi connectivity index (χ0n) is 17.3. The van der Waals surface area contributed by atoms with Gasteiger partial charge in [0.05, 0.1) is 7.11 Å². The van der Waals surface area contributed by atoms with Gasteiger partial charge in [0.1, 0.15) is 11.4 Å². The molecule has 0 spiro atoms. The maximum atomic E-state index is 13.2. The Morgan fingerprint density at radius 1 is 1.03 bits per heavy atom. The minimum Gasteiger partial charge on any atom is -0.497 e. The highest BCUT2D eigenvalue weighted by Gasteiger charge is 2.24. The lowest BCUT2D eigenvalue weighted by molar-refractivity contribution is -0.128. The fourth-order valence-electron chi connectivity index (χ4n) is 3.30. The van der Waals surface area contributed by atoms with E-state index in [1.165, 1.54) is 0 Å². The molecule has 5 nitrogen and oxygen atoms in total. The molecule has 0 saturated carbocycles. The van der Waals surface area contributed by atoms with Crippen molar-refractivity contribution >= 4 is 17.9 Å². The highest BCUT2D eigenvalue weighted by molar-refractivity contribution is 6.05. The van der Waals surface area contributed by atoms with Crippen molar-refractivity contribution in [3.63, 3.8) is 0 Å². The van der Waals surface area contributed by atoms with Crippen LogP contribution in [0.4, 0.5) is 0 Å². The molecule has 1 aliphatic rings. The van der Waals surface area contributed by atoms with E-state index >= 15 is 0 Å². The molecule has 1 saturated heterocycles. The van der Waals surface area contributed by atoms with E-state index in [4.69, 9.17) is 4.74 Å². The molecule has 2 aromatic carbocycles. The van der Waals surface area contributed by atoms with Crippen LogP contribution in [0.25, 0.3) is 6.08 Å². The summed E-state index contributed by atoms with van der Waals surface area (Å²) in [4.78, 5) is 27.7. The number of likely N-dealkylation sites (tertiary alicyclic amines) is 1. The smallest absolute Gasteiger partial charge is 0.270 e. The van der Waals surface area contributed by atoms with E-state index in [1.54, 1.807) is 25.3 Å². The van der Waals surface area contributed by atoms with E-state index in [1.807, 2.05) is 48.2 Å². The van der Waals surface area contributed by atoms with Crippen LogP contribution in [0.3, 0.4) is 0 Å². The SMILES string of the molecule is COc1ccc(/C=C(/NC(=O)c2ccc(C)cc2)C(=O)N2CCC(C)CC2)cc1. The number of methoxy groups -OCH3 is 1. The Hall–Kier alpha value is -3.08. The summed E-state index contributed by atoms with van der Waals surface area (Å²) in [5.41, 5.74) is 2.71. The number of hydrogen-bond donors (Lipinski definition) is 1. The Kier molecular flexibility index (Phi) is 6.70. The molecule has 2 amide bonds. The third kappa shape index (κ3) is 5.47. The van der Waals surface area contributed by atoms with E-state index in [0.717, 1.165) is 29.7 Å². The van der Waals surface area contributed by atoms with Gasteiger partial charge >= 0.3 is 0 Å². The Morgan fingerprint density at radius 2 is 1.66 bits per heavy atom. The van der Waals surface area contributed by atoms with Crippen LogP contribution in [0.2, 0.25) is 0 Å². The molecule has 1 aliphatic heterocycles. The van der Waals surface area contributed by atoms with Crippen LogP contribution in [0.15, 0.2) is 54.2 Å². The second-order valence-corrected chi connectivity index (χ2v) is 7.63. The number of carbonyl (C=O) groups is 2. The van der Waals surface area contributed by atoms with Crippen molar-refractivity contribution in [2.24, 2.45) is 5.92 Å². The van der Waals surface area contributed by atoms with Crippen molar-refractivity contribution < 1.29 is 14.3 Å². The molecule has 0 aromatic heterocycles. The van der Waals surface area contributed by atoms with Gasteiger partial charge in [-0.25, -0.2) is 0 Å². The van der Waals surface area contributed by atoms with Crippen LogP contribution in [-0.2, 0) is 4.79 Å². The van der Waals surface area contributed by atoms with Gasteiger partial charge in [-0.3, -0.25) is 9.59 Å². The lowest BCUT2D eigenvalue weighted by Gasteiger charge is -2.31. The summed E-state index contributed by atoms with van der Waals surface area (Å²) in [6.45, 7) is 5.59. The molecule has 1 heterocycles. The number of amides is 2. The molecule has 5 heteroatoms. The summed E-state index contributed by atoms with van der Waals surface area (Å²) < 4.78 is 5.19. The predicted molar refractivity (Wildman–Crippen MR) is 115 cm³/mol. The zero-order valence-corrected chi connectivity index (χ0v) is 17.3. The maximum absolute atomic E-state index is 13.2. The van der Waals surface area contributed by atoms with Gasteiger partial charge in [-0.2, -0.15) is 0 Å². The number of ether oxygens (including phenoxy) is 1. The summed E-state index contributed by atoms with van der Waals surface area (Å²) >= 11 is 0. The minimum atomic E-state index is -0.288. The molecular formula is C24H28N2O3. The van der Waals surface area contributed by atoms with Gasteiger partial charge < -0.3 is 15.0 Å². The monoisotopic (exact) mass is 392 g/mol. The number of benzene rings is 2. The van der Waals surface area contributed by atoms with Gasteiger partial charge in [-0.1, -0.05) is 36.8 Å². The van der Waals surface area contributed by atoms with Gasteiger partial charge in [0.2, 0.25) is 0 Å². The van der Waals surface area contributed by atoms with E-state index < -0.39 is 0 Å². The number of rotatable bonds is 5. The minimum absolute atomic E-state index is 0.145. The number of hydrogen-bond acceptors (Lipinski definition) is 3. The zero-order chi connectivity index (χ0) is 20.8. The first-order valence-corrected chi connectivity index (χ1v) is 9.99. The third-order valence-corrected chi connectivity index (χ3v) is 5.29. The molecule has 3 rings (SSSR count). The third-order valence-electron chi connectivity index (χ3n) is 5.29. The number of piperidine rings is 1. The van der Waals surface area contributed by atoms with Gasteiger partial charge in [-0.05, 0) is 61.6 Å². The second kappa shape index (κ2) is 9.41. The van der Waals surface area contributed by atoms with E-state index in [9.17, 15) is 9.59 Å². The molecular weight excluding hydrogens is 364 g/mol. The van der Waals surface area contributed by atoms with Crippen LogP contribution in [0.5, 0.6) is 5.75 Å². The molecule has 0 aliphatic carbocycles. The average Bonchev–Trinajstić information content (AvgIpc) is 2.74.